The van der Waals surface area contributed by atoms with Gasteiger partial charge in [-0.1, -0.05) is 12.1 Å². The van der Waals surface area contributed by atoms with Gasteiger partial charge in [-0.2, -0.15) is 0 Å². The first-order valence-electron chi connectivity index (χ1n) is 6.35. The number of fused-ring (bicyclic) bond motifs is 1. The SMILES string of the molecule is Nc1ccc(C(=O)N2CC(=O)Nc3ccccc32)cc1O. The van der Waals surface area contributed by atoms with Crippen molar-refractivity contribution in [2.75, 3.05) is 22.5 Å². The number of phenols is 1. The van der Waals surface area contributed by atoms with E-state index in [1.807, 2.05) is 0 Å². The molecule has 106 valence electrons. The summed E-state index contributed by atoms with van der Waals surface area (Å²) in [4.78, 5) is 25.7. The van der Waals surface area contributed by atoms with Crippen molar-refractivity contribution in [2.24, 2.45) is 0 Å². The maximum Gasteiger partial charge on any atom is 0.258 e. The summed E-state index contributed by atoms with van der Waals surface area (Å²) in [5, 5.41) is 12.3. The first kappa shape index (κ1) is 13.0. The summed E-state index contributed by atoms with van der Waals surface area (Å²) in [6.45, 7) is -0.0685. The second-order valence-corrected chi connectivity index (χ2v) is 4.73. The van der Waals surface area contributed by atoms with Crippen molar-refractivity contribution in [1.29, 1.82) is 0 Å². The maximum atomic E-state index is 12.6. The molecule has 3 rings (SSSR count). The minimum Gasteiger partial charge on any atom is -0.506 e. The maximum absolute atomic E-state index is 12.6. The Balaban J connectivity index is 2.01. The number of nitrogen functional groups attached to an aromatic ring is 1. The number of para-hydroxylation sites is 2. The number of hydrogen-bond acceptors (Lipinski definition) is 4. The van der Waals surface area contributed by atoms with E-state index in [1.165, 1.54) is 23.1 Å². The quantitative estimate of drug-likeness (QED) is 0.547. The molecule has 0 saturated carbocycles. The fourth-order valence-corrected chi connectivity index (χ4v) is 2.25. The summed E-state index contributed by atoms with van der Waals surface area (Å²) >= 11 is 0. The van der Waals surface area contributed by atoms with E-state index in [9.17, 15) is 14.7 Å². The molecule has 1 aliphatic heterocycles. The fourth-order valence-electron chi connectivity index (χ4n) is 2.25. The molecule has 1 aliphatic rings. The number of nitrogens with one attached hydrogen (secondary N) is 1. The average molecular weight is 283 g/mol. The molecule has 6 nitrogen and oxygen atoms in total. The molecular weight excluding hydrogens is 270 g/mol. The topological polar surface area (TPSA) is 95.7 Å². The van der Waals surface area contributed by atoms with Crippen LogP contribution in [0.1, 0.15) is 10.4 Å². The summed E-state index contributed by atoms with van der Waals surface area (Å²) in [7, 11) is 0. The number of carbonyl (C=O) groups is 2. The van der Waals surface area contributed by atoms with Gasteiger partial charge in [-0.05, 0) is 30.3 Å². The highest BCUT2D eigenvalue weighted by Gasteiger charge is 2.27. The van der Waals surface area contributed by atoms with Crippen molar-refractivity contribution in [3.05, 3.63) is 48.0 Å². The molecule has 0 radical (unpaired) electrons. The van der Waals surface area contributed by atoms with Gasteiger partial charge < -0.3 is 16.2 Å². The Labute approximate surface area is 120 Å². The molecule has 0 unspecified atom stereocenters. The monoisotopic (exact) mass is 283 g/mol. The summed E-state index contributed by atoms with van der Waals surface area (Å²) in [5.41, 5.74) is 7.20. The van der Waals surface area contributed by atoms with Crippen molar-refractivity contribution in [1.82, 2.24) is 0 Å². The van der Waals surface area contributed by atoms with E-state index in [2.05, 4.69) is 5.32 Å². The Hall–Kier alpha value is -3.02. The molecule has 2 aromatic rings. The first-order chi connectivity index (χ1) is 10.1. The Morgan fingerprint density at radius 1 is 1.24 bits per heavy atom. The molecule has 6 heteroatoms. The lowest BCUT2D eigenvalue weighted by atomic mass is 10.1. The normalized spacial score (nSPS) is 13.5. The number of benzene rings is 2. The molecule has 21 heavy (non-hydrogen) atoms. The van der Waals surface area contributed by atoms with E-state index < -0.39 is 0 Å². The highest BCUT2D eigenvalue weighted by molar-refractivity contribution is 6.15. The standard InChI is InChI=1S/C15H13N3O3/c16-10-6-5-9(7-13(10)19)15(21)18-8-14(20)17-11-3-1-2-4-12(11)18/h1-7,19H,8,16H2,(H,17,20). The molecule has 1 heterocycles. The van der Waals surface area contributed by atoms with Crippen LogP contribution in [-0.4, -0.2) is 23.5 Å². The van der Waals surface area contributed by atoms with Crippen molar-refractivity contribution >= 4 is 28.9 Å². The zero-order valence-corrected chi connectivity index (χ0v) is 11.0. The number of rotatable bonds is 1. The third-order valence-electron chi connectivity index (χ3n) is 3.29. The number of amides is 2. The summed E-state index contributed by atoms with van der Waals surface area (Å²) < 4.78 is 0. The Morgan fingerprint density at radius 2 is 2.00 bits per heavy atom. The number of phenolic OH excluding ortho intramolecular Hbond substituents is 1. The summed E-state index contributed by atoms with van der Waals surface area (Å²) in [6, 6.07) is 11.3. The van der Waals surface area contributed by atoms with Crippen molar-refractivity contribution in [2.45, 2.75) is 0 Å². The van der Waals surface area contributed by atoms with Gasteiger partial charge in [0, 0.05) is 5.56 Å². The number of anilines is 3. The van der Waals surface area contributed by atoms with Crippen LogP contribution in [0.15, 0.2) is 42.5 Å². The van der Waals surface area contributed by atoms with E-state index in [4.69, 9.17) is 5.73 Å². The lowest BCUT2D eigenvalue weighted by Crippen LogP contribution is -2.42. The Morgan fingerprint density at radius 3 is 2.76 bits per heavy atom. The molecule has 0 fully saturated rings. The average Bonchev–Trinajstić information content (AvgIpc) is 2.48. The van der Waals surface area contributed by atoms with Gasteiger partial charge in [0.2, 0.25) is 5.91 Å². The molecule has 2 aromatic carbocycles. The van der Waals surface area contributed by atoms with Gasteiger partial charge in [-0.25, -0.2) is 0 Å². The number of nitrogens with zero attached hydrogens (tertiary/aromatic N) is 1. The predicted octanol–water partition coefficient (Wildman–Crippen LogP) is 1.57. The third-order valence-corrected chi connectivity index (χ3v) is 3.29. The predicted molar refractivity (Wildman–Crippen MR) is 79.3 cm³/mol. The van der Waals surface area contributed by atoms with Crippen LogP contribution >= 0.6 is 0 Å². The smallest absolute Gasteiger partial charge is 0.258 e. The van der Waals surface area contributed by atoms with Crippen LogP contribution in [0.2, 0.25) is 0 Å². The van der Waals surface area contributed by atoms with E-state index in [0.29, 0.717) is 11.4 Å². The second-order valence-electron chi connectivity index (χ2n) is 4.73. The van der Waals surface area contributed by atoms with E-state index in [1.54, 1.807) is 24.3 Å². The molecule has 0 saturated heterocycles. The minimum absolute atomic E-state index is 0.0685. The van der Waals surface area contributed by atoms with Crippen LogP contribution in [-0.2, 0) is 4.79 Å². The molecule has 0 bridgehead atoms. The lowest BCUT2D eigenvalue weighted by molar-refractivity contribution is -0.115. The van der Waals surface area contributed by atoms with Crippen molar-refractivity contribution in [3.63, 3.8) is 0 Å². The largest absolute Gasteiger partial charge is 0.506 e. The summed E-state index contributed by atoms with van der Waals surface area (Å²) in [5.74, 6) is -0.787. The first-order valence-corrected chi connectivity index (χ1v) is 6.35. The van der Waals surface area contributed by atoms with Crippen LogP contribution < -0.4 is 16.0 Å². The third kappa shape index (κ3) is 2.27. The molecule has 0 atom stereocenters. The van der Waals surface area contributed by atoms with Crippen LogP contribution in [0.5, 0.6) is 5.75 Å². The molecule has 0 aliphatic carbocycles. The highest BCUT2D eigenvalue weighted by atomic mass is 16.3. The van der Waals surface area contributed by atoms with Gasteiger partial charge in [-0.15, -0.1) is 0 Å². The molecule has 4 N–H and O–H groups in total. The number of hydrogen-bond donors (Lipinski definition) is 3. The number of carbonyl (C=O) groups excluding carboxylic acids is 2. The van der Waals surface area contributed by atoms with Gasteiger partial charge in [0.25, 0.3) is 5.91 Å². The van der Waals surface area contributed by atoms with Crippen molar-refractivity contribution in [3.8, 4) is 5.75 Å². The lowest BCUT2D eigenvalue weighted by Gasteiger charge is -2.29. The van der Waals surface area contributed by atoms with E-state index >= 15 is 0 Å². The zero-order valence-electron chi connectivity index (χ0n) is 11.0. The Kier molecular flexibility index (Phi) is 2.98. The van der Waals surface area contributed by atoms with Crippen LogP contribution in [0, 0.1) is 0 Å². The molecular formula is C15H13N3O3. The van der Waals surface area contributed by atoms with E-state index in [0.717, 1.165) is 0 Å². The van der Waals surface area contributed by atoms with Gasteiger partial charge >= 0.3 is 0 Å². The zero-order chi connectivity index (χ0) is 15.0. The molecule has 0 spiro atoms. The van der Waals surface area contributed by atoms with Gasteiger partial charge in [-0.3, -0.25) is 14.5 Å². The van der Waals surface area contributed by atoms with Gasteiger partial charge in [0.05, 0.1) is 17.1 Å². The van der Waals surface area contributed by atoms with Crippen LogP contribution in [0.25, 0.3) is 0 Å². The minimum atomic E-state index is -0.368. The second kappa shape index (κ2) is 4.82. The number of aromatic hydroxyl groups is 1. The van der Waals surface area contributed by atoms with Gasteiger partial charge in [0.15, 0.2) is 0 Å². The van der Waals surface area contributed by atoms with Crippen LogP contribution in [0.4, 0.5) is 17.1 Å². The van der Waals surface area contributed by atoms with Gasteiger partial charge in [0.1, 0.15) is 12.3 Å². The molecule has 0 aromatic heterocycles. The van der Waals surface area contributed by atoms with E-state index in [-0.39, 0.29) is 35.4 Å². The molecule has 2 amide bonds. The summed E-state index contributed by atoms with van der Waals surface area (Å²) in [6.07, 6.45) is 0. The van der Waals surface area contributed by atoms with Crippen LogP contribution in [0.3, 0.4) is 0 Å². The fraction of sp³-hybridized carbons (Fsp3) is 0.0667. The van der Waals surface area contributed by atoms with Crippen molar-refractivity contribution < 1.29 is 14.7 Å². The number of nitrogens with two attached hydrogens (primary N) is 1. The Bertz CT molecular complexity index is 743. The highest BCUT2D eigenvalue weighted by Crippen LogP contribution is 2.31.